The van der Waals surface area contributed by atoms with Crippen molar-refractivity contribution in [2.24, 2.45) is 0 Å². The van der Waals surface area contributed by atoms with E-state index in [2.05, 4.69) is 217 Å². The Hall–Kier alpha value is -6.06. The van der Waals surface area contributed by atoms with Gasteiger partial charge in [-0.05, 0) is 130 Å². The zero-order chi connectivity index (χ0) is 48.2. The Morgan fingerprint density at radius 3 is 0.853 bits per heavy atom. The second-order valence-electron chi connectivity index (χ2n) is 18.9. The van der Waals surface area contributed by atoms with Gasteiger partial charge in [0, 0.05) is 11.1 Å². The van der Waals surface area contributed by atoms with E-state index in [0.717, 1.165) is 100 Å². The molecule has 8 aromatic rings. The van der Waals surface area contributed by atoms with Crippen LogP contribution in [-0.2, 0) is 0 Å². The topological polar surface area (TPSA) is 55.4 Å². The van der Waals surface area contributed by atoms with Gasteiger partial charge in [0.05, 0.1) is 0 Å². The number of aryl methyl sites for hydroxylation is 4. The highest BCUT2D eigenvalue weighted by Gasteiger charge is 2.32. The number of hydrogen-bond acceptors (Lipinski definition) is 6. The van der Waals surface area contributed by atoms with Gasteiger partial charge in [0.15, 0.2) is 0 Å². The summed E-state index contributed by atoms with van der Waals surface area (Å²) in [4.78, 5) is 0. The van der Waals surface area contributed by atoms with Crippen LogP contribution in [0.1, 0.15) is 124 Å². The van der Waals surface area contributed by atoms with Crippen molar-refractivity contribution in [2.75, 3.05) is 0 Å². The van der Waals surface area contributed by atoms with Crippen LogP contribution in [0.25, 0.3) is 32.7 Å². The summed E-state index contributed by atoms with van der Waals surface area (Å²) >= 11 is 0. The highest BCUT2D eigenvalue weighted by atomic mass is 31.2. The quantitative estimate of drug-likeness (QED) is 0.0848. The van der Waals surface area contributed by atoms with Crippen molar-refractivity contribution in [3.8, 4) is 45.6 Å². The maximum Gasteiger partial charge on any atom is 0.530 e. The average Bonchev–Trinajstić information content (AvgIpc) is 3.31. The summed E-state index contributed by atoms with van der Waals surface area (Å²) in [5.41, 5.74) is 10.0. The van der Waals surface area contributed by atoms with E-state index in [-0.39, 0.29) is 23.7 Å². The maximum atomic E-state index is 7.32. The third kappa shape index (κ3) is 10.3. The molecule has 0 heterocycles. The fourth-order valence-electron chi connectivity index (χ4n) is 8.76. The minimum atomic E-state index is -2.12. The van der Waals surface area contributed by atoms with Crippen LogP contribution in [-0.4, -0.2) is 0 Å². The molecule has 0 saturated heterocycles. The molecule has 0 aliphatic heterocycles. The molecule has 68 heavy (non-hydrogen) atoms. The SMILES string of the molecule is Cc1cccc(C(C)C)c1OP(Oc1ccc2ccccc2c1-c1c(OP(Oc2c(C)cccc2C(C)C)Oc2c(C)cccc2C(C)C)ccc2ccccc12)Oc1c(C)cccc1C(C)C. The summed E-state index contributed by atoms with van der Waals surface area (Å²) in [6.45, 7) is 25.8. The predicted molar refractivity (Wildman–Crippen MR) is 286 cm³/mol. The van der Waals surface area contributed by atoms with Crippen LogP contribution in [0.5, 0.6) is 34.5 Å². The summed E-state index contributed by atoms with van der Waals surface area (Å²) in [5, 5.41) is 4.04. The monoisotopic (exact) mass is 942 g/mol. The van der Waals surface area contributed by atoms with Crippen molar-refractivity contribution in [1.82, 2.24) is 0 Å². The molecule has 8 aromatic carbocycles. The number of hydrogen-bond donors (Lipinski definition) is 0. The number of rotatable bonds is 17. The molecule has 6 nitrogen and oxygen atoms in total. The van der Waals surface area contributed by atoms with Gasteiger partial charge in [-0.1, -0.05) is 189 Å². The van der Waals surface area contributed by atoms with Crippen LogP contribution in [0.3, 0.4) is 0 Å². The second kappa shape index (κ2) is 21.1. The van der Waals surface area contributed by atoms with E-state index in [1.54, 1.807) is 0 Å². The summed E-state index contributed by atoms with van der Waals surface area (Å²) in [5.74, 6) is 5.02. The van der Waals surface area contributed by atoms with Gasteiger partial charge in [-0.3, -0.25) is 0 Å². The predicted octanol–water partition coefficient (Wildman–Crippen LogP) is 18.9. The third-order valence-electron chi connectivity index (χ3n) is 12.5. The van der Waals surface area contributed by atoms with Gasteiger partial charge in [-0.2, -0.15) is 0 Å². The molecule has 0 aromatic heterocycles. The van der Waals surface area contributed by atoms with E-state index >= 15 is 0 Å². The molecule has 0 spiro atoms. The van der Waals surface area contributed by atoms with Crippen LogP contribution in [0.15, 0.2) is 146 Å². The smallest absolute Gasteiger partial charge is 0.408 e. The molecule has 0 aliphatic carbocycles. The van der Waals surface area contributed by atoms with Gasteiger partial charge in [-0.25, -0.2) is 0 Å². The molecule has 0 unspecified atom stereocenters. The van der Waals surface area contributed by atoms with Gasteiger partial charge in [-0.15, -0.1) is 0 Å². The van der Waals surface area contributed by atoms with Crippen molar-refractivity contribution in [3.63, 3.8) is 0 Å². The Morgan fingerprint density at radius 1 is 0.294 bits per heavy atom. The average molecular weight is 943 g/mol. The fraction of sp³-hybridized carbons (Fsp3) is 0.267. The highest BCUT2D eigenvalue weighted by Crippen LogP contribution is 2.55. The Balaban J connectivity index is 1.34. The molecule has 0 bridgehead atoms. The Bertz CT molecular complexity index is 2740. The molecule has 8 heteroatoms. The minimum absolute atomic E-state index is 0.199. The number of fused-ring (bicyclic) bond motifs is 2. The lowest BCUT2D eigenvalue weighted by Gasteiger charge is -2.27. The highest BCUT2D eigenvalue weighted by molar-refractivity contribution is 7.43. The zero-order valence-electron chi connectivity index (χ0n) is 41.5. The zero-order valence-corrected chi connectivity index (χ0v) is 43.3. The number of para-hydroxylation sites is 4. The molecular weight excluding hydrogens is 879 g/mol. The van der Waals surface area contributed by atoms with Crippen molar-refractivity contribution in [2.45, 2.75) is 107 Å². The lowest BCUT2D eigenvalue weighted by atomic mass is 9.92. The Labute approximate surface area is 406 Å². The summed E-state index contributed by atoms with van der Waals surface area (Å²) in [6.07, 6.45) is 0. The molecule has 0 fully saturated rings. The first-order valence-corrected chi connectivity index (χ1v) is 26.0. The Morgan fingerprint density at radius 2 is 0.574 bits per heavy atom. The van der Waals surface area contributed by atoms with Gasteiger partial charge in [0.25, 0.3) is 0 Å². The summed E-state index contributed by atoms with van der Waals surface area (Å²) < 4.78 is 43.0. The molecule has 0 atom stereocenters. The molecule has 8 rings (SSSR count). The first-order chi connectivity index (χ1) is 32.7. The van der Waals surface area contributed by atoms with E-state index in [1.807, 2.05) is 12.1 Å². The molecule has 0 amide bonds. The van der Waals surface area contributed by atoms with E-state index in [0.29, 0.717) is 11.5 Å². The van der Waals surface area contributed by atoms with Crippen LogP contribution >= 0.6 is 17.2 Å². The van der Waals surface area contributed by atoms with Crippen molar-refractivity contribution in [3.05, 3.63) is 190 Å². The lowest BCUT2D eigenvalue weighted by Crippen LogP contribution is -2.09. The normalized spacial score (nSPS) is 11.7. The summed E-state index contributed by atoms with van der Waals surface area (Å²) in [6, 6.07) is 50.2. The minimum Gasteiger partial charge on any atom is -0.408 e. The first-order valence-electron chi connectivity index (χ1n) is 23.8. The van der Waals surface area contributed by atoms with Crippen molar-refractivity contribution < 1.29 is 27.1 Å². The van der Waals surface area contributed by atoms with Gasteiger partial charge >= 0.3 is 17.2 Å². The van der Waals surface area contributed by atoms with E-state index in [1.165, 1.54) is 0 Å². The first kappa shape index (κ1) is 48.4. The maximum absolute atomic E-state index is 7.32. The van der Waals surface area contributed by atoms with Crippen LogP contribution < -0.4 is 27.1 Å². The van der Waals surface area contributed by atoms with E-state index in [9.17, 15) is 0 Å². The summed E-state index contributed by atoms with van der Waals surface area (Å²) in [7, 11) is -4.23. The van der Waals surface area contributed by atoms with E-state index < -0.39 is 17.2 Å². The van der Waals surface area contributed by atoms with Gasteiger partial charge < -0.3 is 27.1 Å². The third-order valence-corrected chi connectivity index (χ3v) is 14.5. The van der Waals surface area contributed by atoms with Crippen LogP contribution in [0.2, 0.25) is 0 Å². The number of benzene rings is 8. The van der Waals surface area contributed by atoms with Crippen molar-refractivity contribution >= 4 is 38.7 Å². The molecule has 350 valence electrons. The molecule has 0 radical (unpaired) electrons. The van der Waals surface area contributed by atoms with Gasteiger partial charge in [0.1, 0.15) is 34.5 Å². The largest absolute Gasteiger partial charge is 0.530 e. The van der Waals surface area contributed by atoms with Crippen LogP contribution in [0.4, 0.5) is 0 Å². The lowest BCUT2D eigenvalue weighted by molar-refractivity contribution is 0.379. The molecule has 0 N–H and O–H groups in total. The molecule has 0 aliphatic rings. The fourth-order valence-corrected chi connectivity index (χ4v) is 11.2. The second-order valence-corrected chi connectivity index (χ2v) is 20.9. The van der Waals surface area contributed by atoms with Crippen LogP contribution in [0, 0.1) is 27.7 Å². The molecular formula is C60H64O6P2. The Kier molecular flexibility index (Phi) is 15.0. The van der Waals surface area contributed by atoms with E-state index in [4.69, 9.17) is 27.1 Å². The van der Waals surface area contributed by atoms with Gasteiger partial charge in [0.2, 0.25) is 0 Å². The standard InChI is InChI=1S/C60H64O6P2/c1-37(2)47-29-17-21-41(9)57(47)63-67(64-58-42(10)22-18-30-48(58)38(3)4)61-53-35-33-45-25-13-15-27-51(45)55(53)56-52-28-16-14-26-46(52)34-36-54(56)62-68(65-59-43(11)23-19-31-49(59)39(5)6)66-60-44(12)24-20-32-50(60)40(7)8/h13-40H,1-12H3. The molecule has 0 saturated carbocycles. The van der Waals surface area contributed by atoms with Crippen molar-refractivity contribution in [1.29, 1.82) is 0 Å².